The van der Waals surface area contributed by atoms with E-state index >= 15 is 0 Å². The van der Waals surface area contributed by atoms with Crippen molar-refractivity contribution < 1.29 is 14.1 Å². The number of anilines is 1. The van der Waals surface area contributed by atoms with Gasteiger partial charge in [0.25, 0.3) is 11.6 Å². The summed E-state index contributed by atoms with van der Waals surface area (Å²) >= 11 is 0. The molecule has 1 heterocycles. The van der Waals surface area contributed by atoms with Crippen LogP contribution in [-0.2, 0) is 6.42 Å². The van der Waals surface area contributed by atoms with Crippen LogP contribution in [0.2, 0.25) is 0 Å². The smallest absolute Gasteiger partial charge is 0.293 e. The highest BCUT2D eigenvalue weighted by Crippen LogP contribution is 2.32. The molecule has 3 aromatic rings. The van der Waals surface area contributed by atoms with E-state index in [0.29, 0.717) is 12.1 Å². The zero-order chi connectivity index (χ0) is 22.7. The third-order valence-electron chi connectivity index (χ3n) is 5.69. The van der Waals surface area contributed by atoms with Gasteiger partial charge in [-0.05, 0) is 73.7 Å². The number of aromatic nitrogens is 1. The third-order valence-corrected chi connectivity index (χ3v) is 5.69. The molecule has 0 fully saturated rings. The molecule has 4 rings (SSSR count). The molecule has 0 aliphatic heterocycles. The molecule has 0 spiro atoms. The van der Waals surface area contributed by atoms with E-state index in [1.165, 1.54) is 24.3 Å². The van der Waals surface area contributed by atoms with Gasteiger partial charge >= 0.3 is 0 Å². The van der Waals surface area contributed by atoms with Crippen LogP contribution in [-0.4, -0.2) is 15.8 Å². The van der Waals surface area contributed by atoms with Crippen LogP contribution in [0.4, 0.5) is 15.8 Å². The molecule has 1 aliphatic rings. The third kappa shape index (κ3) is 4.59. The first kappa shape index (κ1) is 21.4. The highest BCUT2D eigenvalue weighted by molar-refractivity contribution is 5.96. The maximum absolute atomic E-state index is 13.7. The summed E-state index contributed by atoms with van der Waals surface area (Å²) in [5.41, 5.74) is 2.80. The Labute approximate surface area is 184 Å². The van der Waals surface area contributed by atoms with Crippen molar-refractivity contribution in [3.63, 3.8) is 0 Å². The van der Waals surface area contributed by atoms with Gasteiger partial charge in [-0.2, -0.15) is 0 Å². The van der Waals surface area contributed by atoms with Gasteiger partial charge in [0.05, 0.1) is 22.7 Å². The van der Waals surface area contributed by atoms with Crippen LogP contribution in [0.15, 0.2) is 60.8 Å². The number of halogens is 1. The Kier molecular flexibility index (Phi) is 6.11. The molecule has 0 bridgehead atoms. The molecule has 1 amide bonds. The second kappa shape index (κ2) is 9.13. The first-order chi connectivity index (χ1) is 15.4. The summed E-state index contributed by atoms with van der Waals surface area (Å²) in [6.07, 6.45) is 4.05. The standard InChI is InChI=1S/C24H23FN4O3/c1-15(20-6-2-3-12-26-20)27-22-11-9-17(13-23(22)29(31)32)24(30)28-21-7-4-5-16-8-10-18(25)14-19(16)21/h2-3,6,8-15,21,27H,4-5,7H2,1H3,(H,28,30)/t15-,21+/m1/s1. The fourth-order valence-corrected chi connectivity index (χ4v) is 4.05. The van der Waals surface area contributed by atoms with Gasteiger partial charge in [0.2, 0.25) is 0 Å². The van der Waals surface area contributed by atoms with E-state index in [-0.39, 0.29) is 29.2 Å². The number of nitro benzene ring substituents is 1. The molecular formula is C24H23FN4O3. The molecule has 2 atom stereocenters. The minimum absolute atomic E-state index is 0.177. The molecule has 164 valence electrons. The predicted molar refractivity (Wildman–Crippen MR) is 119 cm³/mol. The first-order valence-corrected chi connectivity index (χ1v) is 10.5. The largest absolute Gasteiger partial charge is 0.371 e. The number of pyridine rings is 1. The molecule has 0 radical (unpaired) electrons. The van der Waals surface area contributed by atoms with Gasteiger partial charge in [-0.1, -0.05) is 12.1 Å². The van der Waals surface area contributed by atoms with Gasteiger partial charge in [-0.3, -0.25) is 19.9 Å². The number of aryl methyl sites for hydroxylation is 1. The van der Waals surface area contributed by atoms with E-state index in [9.17, 15) is 19.3 Å². The molecule has 0 saturated carbocycles. The highest BCUT2D eigenvalue weighted by atomic mass is 19.1. The van der Waals surface area contributed by atoms with Crippen molar-refractivity contribution in [3.05, 3.63) is 99.1 Å². The van der Waals surface area contributed by atoms with Crippen LogP contribution >= 0.6 is 0 Å². The molecule has 32 heavy (non-hydrogen) atoms. The van der Waals surface area contributed by atoms with Crippen molar-refractivity contribution in [2.75, 3.05) is 5.32 Å². The second-order valence-electron chi connectivity index (χ2n) is 7.87. The van der Waals surface area contributed by atoms with Crippen molar-refractivity contribution in [2.24, 2.45) is 0 Å². The zero-order valence-electron chi connectivity index (χ0n) is 17.5. The van der Waals surface area contributed by atoms with Crippen LogP contribution < -0.4 is 10.6 Å². The number of carbonyl (C=O) groups excluding carboxylic acids is 1. The molecule has 7 nitrogen and oxygen atoms in total. The minimum atomic E-state index is -0.518. The van der Waals surface area contributed by atoms with E-state index in [1.54, 1.807) is 24.4 Å². The molecule has 1 aromatic heterocycles. The lowest BCUT2D eigenvalue weighted by molar-refractivity contribution is -0.384. The number of fused-ring (bicyclic) bond motifs is 1. The zero-order valence-corrected chi connectivity index (χ0v) is 17.5. The Morgan fingerprint density at radius 3 is 2.81 bits per heavy atom. The van der Waals surface area contributed by atoms with E-state index in [4.69, 9.17) is 0 Å². The van der Waals surface area contributed by atoms with Gasteiger partial charge in [0.1, 0.15) is 11.5 Å². The van der Waals surface area contributed by atoms with Crippen molar-refractivity contribution in [1.82, 2.24) is 10.3 Å². The topological polar surface area (TPSA) is 97.2 Å². The van der Waals surface area contributed by atoms with Crippen molar-refractivity contribution >= 4 is 17.3 Å². The van der Waals surface area contributed by atoms with Crippen LogP contribution in [0.5, 0.6) is 0 Å². The average molecular weight is 434 g/mol. The van der Waals surface area contributed by atoms with Gasteiger partial charge in [0, 0.05) is 17.8 Å². The van der Waals surface area contributed by atoms with Crippen LogP contribution in [0, 0.1) is 15.9 Å². The number of benzene rings is 2. The fourth-order valence-electron chi connectivity index (χ4n) is 4.05. The van der Waals surface area contributed by atoms with Crippen molar-refractivity contribution in [2.45, 2.75) is 38.3 Å². The Balaban J connectivity index is 1.55. The molecule has 8 heteroatoms. The molecule has 0 saturated heterocycles. The van der Waals surface area contributed by atoms with Gasteiger partial charge < -0.3 is 10.6 Å². The lowest BCUT2D eigenvalue weighted by Crippen LogP contribution is -2.31. The normalized spacial score (nSPS) is 16.0. The Morgan fingerprint density at radius 1 is 1.22 bits per heavy atom. The van der Waals surface area contributed by atoms with Crippen LogP contribution in [0.25, 0.3) is 0 Å². The van der Waals surface area contributed by atoms with Crippen molar-refractivity contribution in [3.8, 4) is 0 Å². The predicted octanol–water partition coefficient (Wildman–Crippen LogP) is 5.11. The number of nitrogens with zero attached hydrogens (tertiary/aromatic N) is 2. The maximum Gasteiger partial charge on any atom is 0.293 e. The van der Waals surface area contributed by atoms with E-state index < -0.39 is 10.8 Å². The molecule has 2 aromatic carbocycles. The first-order valence-electron chi connectivity index (χ1n) is 10.5. The minimum Gasteiger partial charge on any atom is -0.371 e. The summed E-state index contributed by atoms with van der Waals surface area (Å²) < 4.78 is 13.7. The van der Waals surface area contributed by atoms with Gasteiger partial charge in [0.15, 0.2) is 0 Å². The summed E-state index contributed by atoms with van der Waals surface area (Å²) in [5, 5.41) is 17.7. The van der Waals surface area contributed by atoms with E-state index in [2.05, 4.69) is 15.6 Å². The number of carbonyl (C=O) groups is 1. The lowest BCUT2D eigenvalue weighted by atomic mass is 9.87. The summed E-state index contributed by atoms with van der Waals surface area (Å²) in [5.74, 6) is -0.780. The number of nitro groups is 1. The monoisotopic (exact) mass is 434 g/mol. The number of rotatable bonds is 6. The molecular weight excluding hydrogens is 411 g/mol. The SMILES string of the molecule is C[C@@H](Nc1ccc(C(=O)N[C@H]2CCCc3ccc(F)cc32)cc1[N+](=O)[O-])c1ccccn1. The van der Waals surface area contributed by atoms with Crippen molar-refractivity contribution in [1.29, 1.82) is 0 Å². The van der Waals surface area contributed by atoms with Gasteiger partial charge in [-0.15, -0.1) is 0 Å². The quantitative estimate of drug-likeness (QED) is 0.415. The number of amides is 1. The van der Waals surface area contributed by atoms with Gasteiger partial charge in [-0.25, -0.2) is 4.39 Å². The lowest BCUT2D eigenvalue weighted by Gasteiger charge is -2.26. The molecule has 2 N–H and O–H groups in total. The second-order valence-corrected chi connectivity index (χ2v) is 7.87. The summed E-state index contributed by atoms with van der Waals surface area (Å²) in [6, 6.07) is 13.8. The van der Waals surface area contributed by atoms with Crippen LogP contribution in [0.3, 0.4) is 0 Å². The Morgan fingerprint density at radius 2 is 2.06 bits per heavy atom. The number of hydrogen-bond acceptors (Lipinski definition) is 5. The average Bonchev–Trinajstić information content (AvgIpc) is 2.80. The summed E-state index contributed by atoms with van der Waals surface area (Å²) in [6.45, 7) is 1.85. The number of nitrogens with one attached hydrogen (secondary N) is 2. The fraction of sp³-hybridized carbons (Fsp3) is 0.250. The molecule has 0 unspecified atom stereocenters. The van der Waals surface area contributed by atoms with Crippen LogP contribution in [0.1, 0.15) is 59.0 Å². The maximum atomic E-state index is 13.7. The summed E-state index contributed by atoms with van der Waals surface area (Å²) in [4.78, 5) is 28.3. The van der Waals surface area contributed by atoms with E-state index in [1.807, 2.05) is 19.1 Å². The molecule has 1 aliphatic carbocycles. The summed E-state index contributed by atoms with van der Waals surface area (Å²) in [7, 11) is 0. The Hall–Kier alpha value is -3.81. The Bertz CT molecular complexity index is 1150. The van der Waals surface area contributed by atoms with E-state index in [0.717, 1.165) is 29.7 Å². The number of hydrogen-bond donors (Lipinski definition) is 2. The highest BCUT2D eigenvalue weighted by Gasteiger charge is 2.25.